The highest BCUT2D eigenvalue weighted by Crippen LogP contribution is 2.45. The zero-order valence-electron chi connectivity index (χ0n) is 9.20. The van der Waals surface area contributed by atoms with E-state index in [0.29, 0.717) is 5.92 Å². The molecule has 1 aliphatic rings. The van der Waals surface area contributed by atoms with Gasteiger partial charge in [0.1, 0.15) is 0 Å². The van der Waals surface area contributed by atoms with E-state index in [1.807, 2.05) is 12.1 Å². The number of benzene rings is 2. The minimum absolute atomic E-state index is 0.386. The molecule has 0 saturated heterocycles. The Hall–Kier alpha value is -1.96. The van der Waals surface area contributed by atoms with Crippen LogP contribution in [0.4, 0.5) is 11.4 Å². The number of rotatable bonds is 0. The van der Waals surface area contributed by atoms with Gasteiger partial charge < -0.3 is 11.5 Å². The molecule has 2 heteroatoms. The fraction of sp³-hybridized carbons (Fsp3) is 0.143. The highest BCUT2D eigenvalue weighted by molar-refractivity contribution is 5.81. The van der Waals surface area contributed by atoms with E-state index < -0.39 is 0 Å². The van der Waals surface area contributed by atoms with Crippen molar-refractivity contribution in [3.8, 4) is 11.1 Å². The topological polar surface area (TPSA) is 52.0 Å². The first kappa shape index (κ1) is 9.28. The predicted octanol–water partition coefficient (Wildman–Crippen LogP) is 2.98. The van der Waals surface area contributed by atoms with Crippen LogP contribution in [0.5, 0.6) is 0 Å². The van der Waals surface area contributed by atoms with Crippen LogP contribution in [-0.2, 0) is 0 Å². The number of anilines is 2. The summed E-state index contributed by atoms with van der Waals surface area (Å²) in [6.07, 6.45) is 0. The number of hydrogen-bond donors (Lipinski definition) is 2. The number of nitrogens with two attached hydrogens (primary N) is 2. The molecule has 2 nitrogen and oxygen atoms in total. The number of nitrogen functional groups attached to an aromatic ring is 2. The van der Waals surface area contributed by atoms with Crippen LogP contribution in [0.25, 0.3) is 11.1 Å². The van der Waals surface area contributed by atoms with Crippen LogP contribution < -0.4 is 11.5 Å². The monoisotopic (exact) mass is 210 g/mol. The van der Waals surface area contributed by atoms with E-state index >= 15 is 0 Å². The Morgan fingerprint density at radius 1 is 0.812 bits per heavy atom. The molecule has 0 fully saturated rings. The molecule has 3 rings (SSSR count). The zero-order chi connectivity index (χ0) is 11.3. The van der Waals surface area contributed by atoms with Gasteiger partial charge in [-0.05, 0) is 46.5 Å². The first-order chi connectivity index (χ1) is 7.66. The van der Waals surface area contributed by atoms with Crippen LogP contribution in [0, 0.1) is 0 Å². The van der Waals surface area contributed by atoms with Gasteiger partial charge in [0, 0.05) is 17.3 Å². The van der Waals surface area contributed by atoms with Crippen LogP contribution in [0.2, 0.25) is 0 Å². The molecule has 0 aromatic heterocycles. The third kappa shape index (κ3) is 1.13. The van der Waals surface area contributed by atoms with Gasteiger partial charge in [0.25, 0.3) is 0 Å². The lowest BCUT2D eigenvalue weighted by Crippen LogP contribution is -1.93. The minimum atomic E-state index is 0.386. The predicted molar refractivity (Wildman–Crippen MR) is 68.2 cm³/mol. The molecule has 0 bridgehead atoms. The van der Waals surface area contributed by atoms with Crippen LogP contribution in [-0.4, -0.2) is 0 Å². The molecule has 0 unspecified atom stereocenters. The Kier molecular flexibility index (Phi) is 1.75. The minimum Gasteiger partial charge on any atom is -0.399 e. The van der Waals surface area contributed by atoms with E-state index in [4.69, 9.17) is 11.5 Å². The molecule has 80 valence electrons. The second kappa shape index (κ2) is 3.01. The molecule has 0 aliphatic heterocycles. The van der Waals surface area contributed by atoms with Gasteiger partial charge in [-0.25, -0.2) is 0 Å². The third-order valence-electron chi connectivity index (χ3n) is 3.37. The summed E-state index contributed by atoms with van der Waals surface area (Å²) in [6.45, 7) is 2.20. The quantitative estimate of drug-likeness (QED) is 0.657. The Morgan fingerprint density at radius 2 is 1.25 bits per heavy atom. The first-order valence-corrected chi connectivity index (χ1v) is 5.46. The fourth-order valence-corrected chi connectivity index (χ4v) is 2.54. The molecule has 4 N–H and O–H groups in total. The van der Waals surface area contributed by atoms with Crippen molar-refractivity contribution >= 4 is 11.4 Å². The van der Waals surface area contributed by atoms with Gasteiger partial charge in [-0.1, -0.05) is 19.1 Å². The summed E-state index contributed by atoms with van der Waals surface area (Å²) in [5, 5.41) is 0. The molecule has 0 spiro atoms. The summed E-state index contributed by atoms with van der Waals surface area (Å²) in [6, 6.07) is 12.2. The zero-order valence-corrected chi connectivity index (χ0v) is 9.20. The van der Waals surface area contributed by atoms with Crippen LogP contribution in [0.3, 0.4) is 0 Å². The van der Waals surface area contributed by atoms with Gasteiger partial charge >= 0.3 is 0 Å². The molecule has 16 heavy (non-hydrogen) atoms. The Morgan fingerprint density at radius 3 is 1.69 bits per heavy atom. The molecule has 1 aliphatic carbocycles. The number of hydrogen-bond acceptors (Lipinski definition) is 2. The lowest BCUT2D eigenvalue weighted by Gasteiger charge is -2.06. The Labute approximate surface area is 94.9 Å². The summed E-state index contributed by atoms with van der Waals surface area (Å²) < 4.78 is 0. The van der Waals surface area contributed by atoms with E-state index in [-0.39, 0.29) is 0 Å². The lowest BCUT2D eigenvalue weighted by molar-refractivity contribution is 0.958. The first-order valence-electron chi connectivity index (χ1n) is 5.46. The molecule has 0 atom stereocenters. The SMILES string of the molecule is CC1c2cc(N)ccc2-c2ccc(N)cc21. The summed E-state index contributed by atoms with van der Waals surface area (Å²) in [7, 11) is 0. The van der Waals surface area contributed by atoms with Crippen LogP contribution in [0.1, 0.15) is 24.0 Å². The van der Waals surface area contributed by atoms with Gasteiger partial charge in [0.05, 0.1) is 0 Å². The van der Waals surface area contributed by atoms with E-state index in [2.05, 4.69) is 31.2 Å². The molecule has 2 aromatic carbocycles. The van der Waals surface area contributed by atoms with Crippen molar-refractivity contribution in [2.24, 2.45) is 0 Å². The highest BCUT2D eigenvalue weighted by atomic mass is 14.6. The molecule has 0 amide bonds. The standard InChI is InChI=1S/C14H14N2/c1-8-13-6-9(15)2-4-11(13)12-5-3-10(16)7-14(8)12/h2-8H,15-16H2,1H3. The second-order valence-electron chi connectivity index (χ2n) is 4.42. The van der Waals surface area contributed by atoms with E-state index in [1.54, 1.807) is 0 Å². The van der Waals surface area contributed by atoms with Gasteiger partial charge in [0.15, 0.2) is 0 Å². The highest BCUT2D eigenvalue weighted by Gasteiger charge is 2.25. The lowest BCUT2D eigenvalue weighted by atomic mass is 9.99. The molecule has 2 aromatic rings. The molecular weight excluding hydrogens is 196 g/mol. The number of fused-ring (bicyclic) bond motifs is 3. The molecular formula is C14H14N2. The van der Waals surface area contributed by atoms with Crippen LogP contribution >= 0.6 is 0 Å². The smallest absolute Gasteiger partial charge is 0.0317 e. The summed E-state index contributed by atoms with van der Waals surface area (Å²) in [4.78, 5) is 0. The van der Waals surface area contributed by atoms with Crippen molar-refractivity contribution in [2.45, 2.75) is 12.8 Å². The van der Waals surface area contributed by atoms with Gasteiger partial charge in [0.2, 0.25) is 0 Å². The van der Waals surface area contributed by atoms with Crippen LogP contribution in [0.15, 0.2) is 36.4 Å². The van der Waals surface area contributed by atoms with Crippen molar-refractivity contribution < 1.29 is 0 Å². The molecule has 0 radical (unpaired) electrons. The van der Waals surface area contributed by atoms with Crippen molar-refractivity contribution in [3.05, 3.63) is 47.5 Å². The van der Waals surface area contributed by atoms with Gasteiger partial charge in [-0.15, -0.1) is 0 Å². The van der Waals surface area contributed by atoms with E-state index in [1.165, 1.54) is 22.3 Å². The van der Waals surface area contributed by atoms with E-state index in [9.17, 15) is 0 Å². The maximum absolute atomic E-state index is 5.83. The van der Waals surface area contributed by atoms with Crippen molar-refractivity contribution in [2.75, 3.05) is 11.5 Å². The average Bonchev–Trinajstić information content (AvgIpc) is 2.53. The summed E-state index contributed by atoms with van der Waals surface area (Å²) >= 11 is 0. The average molecular weight is 210 g/mol. The molecule has 0 heterocycles. The Balaban J connectivity index is 2.30. The van der Waals surface area contributed by atoms with Crippen molar-refractivity contribution in [1.82, 2.24) is 0 Å². The van der Waals surface area contributed by atoms with Crippen molar-refractivity contribution in [3.63, 3.8) is 0 Å². The Bertz CT molecular complexity index is 521. The molecule has 0 saturated carbocycles. The largest absolute Gasteiger partial charge is 0.399 e. The maximum Gasteiger partial charge on any atom is 0.0317 e. The van der Waals surface area contributed by atoms with E-state index in [0.717, 1.165) is 11.4 Å². The third-order valence-corrected chi connectivity index (χ3v) is 3.37. The normalized spacial score (nSPS) is 13.6. The maximum atomic E-state index is 5.83. The summed E-state index contributed by atoms with van der Waals surface area (Å²) in [5.74, 6) is 0.386. The fourth-order valence-electron chi connectivity index (χ4n) is 2.54. The van der Waals surface area contributed by atoms with Gasteiger partial charge in [-0.3, -0.25) is 0 Å². The second-order valence-corrected chi connectivity index (χ2v) is 4.42. The van der Waals surface area contributed by atoms with Gasteiger partial charge in [-0.2, -0.15) is 0 Å². The summed E-state index contributed by atoms with van der Waals surface area (Å²) in [5.41, 5.74) is 18.5. The van der Waals surface area contributed by atoms with Crippen molar-refractivity contribution in [1.29, 1.82) is 0 Å².